The minimum absolute atomic E-state index is 0.0118. The maximum atomic E-state index is 10.9. The van der Waals surface area contributed by atoms with E-state index in [9.17, 15) is 14.9 Å². The zero-order valence-electron chi connectivity index (χ0n) is 9.73. The van der Waals surface area contributed by atoms with Crippen LogP contribution < -0.4 is 4.74 Å². The van der Waals surface area contributed by atoms with E-state index in [0.717, 1.165) is 0 Å². The van der Waals surface area contributed by atoms with Gasteiger partial charge in [-0.1, -0.05) is 6.08 Å². The number of hydrogen-bond acceptors (Lipinski definition) is 4. The molecule has 0 aliphatic heterocycles. The Bertz CT molecular complexity index is 480. The van der Waals surface area contributed by atoms with E-state index in [1.807, 2.05) is 0 Å². The molecule has 1 aromatic carbocycles. The lowest BCUT2D eigenvalue weighted by molar-refractivity contribution is -0.385. The molecule has 1 rings (SSSR count). The van der Waals surface area contributed by atoms with Gasteiger partial charge in [0.25, 0.3) is 5.69 Å². The van der Waals surface area contributed by atoms with Crippen molar-refractivity contribution in [2.45, 2.75) is 20.3 Å². The molecule has 0 amide bonds. The molecule has 0 fully saturated rings. The van der Waals surface area contributed by atoms with Crippen molar-refractivity contribution in [3.05, 3.63) is 46.0 Å². The summed E-state index contributed by atoms with van der Waals surface area (Å²) in [5.74, 6) is -0.107. The highest BCUT2D eigenvalue weighted by molar-refractivity contribution is 5.70. The molecule has 0 aliphatic rings. The summed E-state index contributed by atoms with van der Waals surface area (Å²) in [5.41, 5.74) is 1.12. The molecule has 1 aromatic rings. The molecule has 0 heterocycles. The summed E-state index contributed by atoms with van der Waals surface area (Å²) < 4.78 is 5.00. The van der Waals surface area contributed by atoms with Crippen molar-refractivity contribution in [1.82, 2.24) is 0 Å². The predicted molar refractivity (Wildman–Crippen MR) is 63.0 cm³/mol. The molecular weight excluding hydrogens is 222 g/mol. The van der Waals surface area contributed by atoms with E-state index in [4.69, 9.17) is 4.74 Å². The van der Waals surface area contributed by atoms with E-state index in [1.54, 1.807) is 13.0 Å². The molecule has 0 spiro atoms. The Balaban J connectivity index is 3.32. The van der Waals surface area contributed by atoms with Gasteiger partial charge in [-0.05, 0) is 19.4 Å². The van der Waals surface area contributed by atoms with Crippen molar-refractivity contribution in [3.63, 3.8) is 0 Å². The summed E-state index contributed by atoms with van der Waals surface area (Å²) in [7, 11) is 0. The van der Waals surface area contributed by atoms with Crippen LogP contribution in [0.25, 0.3) is 0 Å². The molecule has 5 heteroatoms. The van der Waals surface area contributed by atoms with Gasteiger partial charge < -0.3 is 4.74 Å². The average Bonchev–Trinajstić information content (AvgIpc) is 2.22. The van der Waals surface area contributed by atoms with Gasteiger partial charge in [-0.15, -0.1) is 6.58 Å². The lowest BCUT2D eigenvalue weighted by Gasteiger charge is -2.10. The fourth-order valence-electron chi connectivity index (χ4n) is 1.57. The van der Waals surface area contributed by atoms with Gasteiger partial charge in [0.2, 0.25) is 0 Å². The minimum Gasteiger partial charge on any atom is -0.426 e. The molecular formula is C12H13NO4. The Morgan fingerprint density at radius 3 is 2.71 bits per heavy atom. The molecule has 0 saturated heterocycles. The predicted octanol–water partition coefficient (Wildman–Crippen LogP) is 2.56. The third-order valence-electron chi connectivity index (χ3n) is 2.33. The second kappa shape index (κ2) is 5.25. The maximum Gasteiger partial charge on any atom is 0.308 e. The van der Waals surface area contributed by atoms with Crippen LogP contribution in [0.4, 0.5) is 5.69 Å². The summed E-state index contributed by atoms with van der Waals surface area (Å²) in [5, 5.41) is 10.8. The first-order chi connectivity index (χ1) is 7.97. The summed E-state index contributed by atoms with van der Waals surface area (Å²) in [6.45, 7) is 6.50. The Kier molecular flexibility index (Phi) is 3.98. The number of nitrogens with zero attached hydrogens (tertiary/aromatic N) is 1. The van der Waals surface area contributed by atoms with Crippen LogP contribution in [0.2, 0.25) is 0 Å². The normalized spacial score (nSPS) is 9.76. The zero-order valence-corrected chi connectivity index (χ0v) is 9.73. The van der Waals surface area contributed by atoms with E-state index in [2.05, 4.69) is 6.58 Å². The number of carbonyl (C=O) groups excluding carboxylic acids is 1. The quantitative estimate of drug-likeness (QED) is 0.264. The first-order valence-corrected chi connectivity index (χ1v) is 5.03. The molecule has 0 bridgehead atoms. The topological polar surface area (TPSA) is 69.4 Å². The van der Waals surface area contributed by atoms with Gasteiger partial charge in [0, 0.05) is 24.1 Å². The number of rotatable bonds is 4. The summed E-state index contributed by atoms with van der Waals surface area (Å²) >= 11 is 0. The minimum atomic E-state index is -0.459. The van der Waals surface area contributed by atoms with Crippen LogP contribution in [0.3, 0.4) is 0 Å². The largest absolute Gasteiger partial charge is 0.426 e. The average molecular weight is 235 g/mol. The Morgan fingerprint density at radius 1 is 1.59 bits per heavy atom. The van der Waals surface area contributed by atoms with Gasteiger partial charge >= 0.3 is 5.97 Å². The smallest absolute Gasteiger partial charge is 0.308 e. The van der Waals surface area contributed by atoms with Crippen LogP contribution in [-0.2, 0) is 11.2 Å². The Morgan fingerprint density at radius 2 is 2.24 bits per heavy atom. The summed E-state index contributed by atoms with van der Waals surface area (Å²) in [4.78, 5) is 21.2. The van der Waals surface area contributed by atoms with Crippen molar-refractivity contribution in [2.75, 3.05) is 0 Å². The highest BCUT2D eigenvalue weighted by Gasteiger charge is 2.18. The number of nitro benzene ring substituents is 1. The van der Waals surface area contributed by atoms with E-state index in [-0.39, 0.29) is 5.69 Å². The molecule has 0 aromatic heterocycles. The first kappa shape index (κ1) is 12.9. The highest BCUT2D eigenvalue weighted by Crippen LogP contribution is 2.30. The fourth-order valence-corrected chi connectivity index (χ4v) is 1.57. The van der Waals surface area contributed by atoms with E-state index >= 15 is 0 Å². The number of hydrogen-bond donors (Lipinski definition) is 0. The monoisotopic (exact) mass is 235 g/mol. The molecule has 5 nitrogen and oxygen atoms in total. The lowest BCUT2D eigenvalue weighted by Crippen LogP contribution is -2.06. The summed E-state index contributed by atoms with van der Waals surface area (Å²) in [6.07, 6.45) is 2.02. The van der Waals surface area contributed by atoms with Gasteiger partial charge in [-0.2, -0.15) is 0 Å². The fraction of sp³-hybridized carbons (Fsp3) is 0.250. The maximum absolute atomic E-state index is 10.9. The number of carbonyl (C=O) groups is 1. The van der Waals surface area contributed by atoms with Crippen LogP contribution in [0.15, 0.2) is 24.8 Å². The standard InChI is InChI=1S/C12H13NO4/c1-4-5-10-8(2)11(13(15)16)6-7-12(10)17-9(3)14/h4,6-7H,1,5H2,2-3H3. The summed E-state index contributed by atoms with van der Waals surface area (Å²) in [6, 6.07) is 2.77. The van der Waals surface area contributed by atoms with Crippen molar-refractivity contribution in [2.24, 2.45) is 0 Å². The number of ether oxygens (including phenoxy) is 1. The number of allylic oxidation sites excluding steroid dienone is 1. The molecule has 0 aliphatic carbocycles. The lowest BCUT2D eigenvalue weighted by atomic mass is 10.0. The van der Waals surface area contributed by atoms with Crippen molar-refractivity contribution in [1.29, 1.82) is 0 Å². The third kappa shape index (κ3) is 2.90. The van der Waals surface area contributed by atoms with Gasteiger partial charge in [0.1, 0.15) is 5.75 Å². The SMILES string of the molecule is C=CCc1c(OC(C)=O)ccc([N+](=O)[O-])c1C. The number of benzene rings is 1. The third-order valence-corrected chi connectivity index (χ3v) is 2.33. The van der Waals surface area contributed by atoms with Gasteiger partial charge in [-0.3, -0.25) is 14.9 Å². The van der Waals surface area contributed by atoms with E-state index < -0.39 is 10.9 Å². The van der Waals surface area contributed by atoms with Crippen LogP contribution in [0.1, 0.15) is 18.1 Å². The second-order valence-electron chi connectivity index (χ2n) is 3.53. The van der Waals surface area contributed by atoms with Crippen LogP contribution in [0.5, 0.6) is 5.75 Å². The van der Waals surface area contributed by atoms with Gasteiger partial charge in [-0.25, -0.2) is 0 Å². The van der Waals surface area contributed by atoms with Crippen LogP contribution >= 0.6 is 0 Å². The van der Waals surface area contributed by atoms with Gasteiger partial charge in [0.15, 0.2) is 0 Å². The molecule has 0 atom stereocenters. The number of nitro groups is 1. The molecule has 17 heavy (non-hydrogen) atoms. The zero-order chi connectivity index (χ0) is 13.0. The first-order valence-electron chi connectivity index (χ1n) is 5.03. The molecule has 90 valence electrons. The van der Waals surface area contributed by atoms with E-state index in [1.165, 1.54) is 19.1 Å². The molecule has 0 unspecified atom stereocenters. The van der Waals surface area contributed by atoms with E-state index in [0.29, 0.717) is 23.3 Å². The second-order valence-corrected chi connectivity index (χ2v) is 3.53. The van der Waals surface area contributed by atoms with Crippen LogP contribution in [0, 0.1) is 17.0 Å². The Labute approximate surface area is 98.9 Å². The van der Waals surface area contributed by atoms with Crippen molar-refractivity contribution >= 4 is 11.7 Å². The molecule has 0 radical (unpaired) electrons. The molecule has 0 N–H and O–H groups in total. The van der Waals surface area contributed by atoms with Crippen molar-refractivity contribution < 1.29 is 14.5 Å². The van der Waals surface area contributed by atoms with Crippen LogP contribution in [-0.4, -0.2) is 10.9 Å². The highest BCUT2D eigenvalue weighted by atomic mass is 16.6. The van der Waals surface area contributed by atoms with Gasteiger partial charge in [0.05, 0.1) is 4.92 Å². The van der Waals surface area contributed by atoms with Crippen molar-refractivity contribution in [3.8, 4) is 5.75 Å². The molecule has 0 saturated carbocycles. The number of esters is 1. The Hall–Kier alpha value is -2.17.